The summed E-state index contributed by atoms with van der Waals surface area (Å²) in [5.74, 6) is -1.85. The molecular weight excluding hydrogens is 235 g/mol. The van der Waals surface area contributed by atoms with Crippen LogP contribution in [0.4, 0.5) is 13.2 Å². The molecule has 0 bridgehead atoms. The highest BCUT2D eigenvalue weighted by atomic mass is 19.4. The quantitative estimate of drug-likeness (QED) is 0.876. The van der Waals surface area contributed by atoms with Crippen LogP contribution in [0.3, 0.4) is 0 Å². The Labute approximate surface area is 93.9 Å². The Bertz CT molecular complexity index is 574. The van der Waals surface area contributed by atoms with E-state index < -0.39 is 18.4 Å². The summed E-state index contributed by atoms with van der Waals surface area (Å²) in [6.07, 6.45) is -4.07. The average Bonchev–Trinajstić information content (AvgIpc) is 2.57. The number of halogens is 3. The Morgan fingerprint density at radius 1 is 1.47 bits per heavy atom. The van der Waals surface area contributed by atoms with Crippen molar-refractivity contribution in [2.45, 2.75) is 19.5 Å². The molecule has 0 atom stereocenters. The summed E-state index contributed by atoms with van der Waals surface area (Å²) in [7, 11) is 0. The number of nitrogens with zero attached hydrogens (tertiary/aromatic N) is 2. The van der Waals surface area contributed by atoms with Crippen LogP contribution < -0.4 is 0 Å². The van der Waals surface area contributed by atoms with Gasteiger partial charge in [-0.3, -0.25) is 4.79 Å². The smallest absolute Gasteiger partial charge is 0.340 e. The van der Waals surface area contributed by atoms with Crippen molar-refractivity contribution in [3.05, 3.63) is 23.7 Å². The second kappa shape index (κ2) is 3.83. The molecule has 0 unspecified atom stereocenters. The Morgan fingerprint density at radius 2 is 2.18 bits per heavy atom. The predicted octanol–water partition coefficient (Wildman–Crippen LogP) is 1.94. The molecule has 0 aliphatic rings. The predicted molar refractivity (Wildman–Crippen MR) is 53.4 cm³/mol. The molecule has 0 saturated heterocycles. The molecule has 0 fully saturated rings. The van der Waals surface area contributed by atoms with Crippen LogP contribution in [0.2, 0.25) is 0 Å². The maximum atomic E-state index is 12.0. The van der Waals surface area contributed by atoms with E-state index in [9.17, 15) is 18.0 Å². The SMILES string of the molecule is Cc1cnc2nc(CC(=O)C(F)(F)F)[nH]c2c1. The summed E-state index contributed by atoms with van der Waals surface area (Å²) in [4.78, 5) is 21.2. The molecule has 2 heterocycles. The van der Waals surface area contributed by atoms with Gasteiger partial charge in [0.1, 0.15) is 5.82 Å². The first kappa shape index (κ1) is 11.6. The lowest BCUT2D eigenvalue weighted by Crippen LogP contribution is -2.24. The number of Topliss-reactive ketones (excluding diaryl/α,β-unsaturated/α-hetero) is 1. The van der Waals surface area contributed by atoms with E-state index in [0.29, 0.717) is 11.2 Å². The van der Waals surface area contributed by atoms with Crippen molar-refractivity contribution >= 4 is 16.9 Å². The van der Waals surface area contributed by atoms with Crippen LogP contribution in [-0.4, -0.2) is 26.9 Å². The molecule has 0 aliphatic carbocycles. The molecular formula is C10H8F3N3O. The summed E-state index contributed by atoms with van der Waals surface area (Å²) < 4.78 is 36.1. The van der Waals surface area contributed by atoms with Crippen LogP contribution in [0.25, 0.3) is 11.2 Å². The van der Waals surface area contributed by atoms with Crippen LogP contribution in [-0.2, 0) is 11.2 Å². The van der Waals surface area contributed by atoms with Crippen molar-refractivity contribution in [2.75, 3.05) is 0 Å². The zero-order valence-corrected chi connectivity index (χ0v) is 8.80. The van der Waals surface area contributed by atoms with E-state index >= 15 is 0 Å². The zero-order chi connectivity index (χ0) is 12.6. The van der Waals surface area contributed by atoms with Crippen molar-refractivity contribution in [1.29, 1.82) is 0 Å². The van der Waals surface area contributed by atoms with Gasteiger partial charge < -0.3 is 4.98 Å². The molecule has 2 aromatic heterocycles. The third-order valence-electron chi connectivity index (χ3n) is 2.17. The van der Waals surface area contributed by atoms with Crippen LogP contribution >= 0.6 is 0 Å². The molecule has 0 amide bonds. The normalized spacial score (nSPS) is 12.0. The molecule has 4 nitrogen and oxygen atoms in total. The van der Waals surface area contributed by atoms with Crippen molar-refractivity contribution in [3.8, 4) is 0 Å². The number of H-pyrrole nitrogens is 1. The summed E-state index contributed by atoms with van der Waals surface area (Å²) in [5, 5.41) is 0. The van der Waals surface area contributed by atoms with E-state index in [4.69, 9.17) is 0 Å². The highest BCUT2D eigenvalue weighted by Crippen LogP contribution is 2.19. The fourth-order valence-corrected chi connectivity index (χ4v) is 1.39. The first-order valence-electron chi connectivity index (χ1n) is 4.77. The number of aryl methyl sites for hydroxylation is 1. The zero-order valence-electron chi connectivity index (χ0n) is 8.80. The van der Waals surface area contributed by atoms with Crippen molar-refractivity contribution in [1.82, 2.24) is 15.0 Å². The Balaban J connectivity index is 2.29. The van der Waals surface area contributed by atoms with Crippen molar-refractivity contribution in [3.63, 3.8) is 0 Å². The number of hydrogen-bond acceptors (Lipinski definition) is 3. The number of aromatic nitrogens is 3. The number of fused-ring (bicyclic) bond motifs is 1. The largest absolute Gasteiger partial charge is 0.450 e. The van der Waals surface area contributed by atoms with Gasteiger partial charge in [0.15, 0.2) is 5.65 Å². The number of carbonyl (C=O) groups is 1. The van der Waals surface area contributed by atoms with Gasteiger partial charge in [-0.1, -0.05) is 0 Å². The standard InChI is InChI=1S/C10H8F3N3O/c1-5-2-6-9(14-4-5)16-8(15-6)3-7(17)10(11,12)13/h2,4H,3H2,1H3,(H,14,15,16). The average molecular weight is 243 g/mol. The number of hydrogen-bond donors (Lipinski definition) is 1. The molecule has 0 aromatic carbocycles. The number of alkyl halides is 3. The van der Waals surface area contributed by atoms with Gasteiger partial charge in [0.25, 0.3) is 0 Å². The molecule has 17 heavy (non-hydrogen) atoms. The summed E-state index contributed by atoms with van der Waals surface area (Å²) in [5.41, 5.74) is 1.69. The van der Waals surface area contributed by atoms with E-state index in [1.165, 1.54) is 0 Å². The summed E-state index contributed by atoms with van der Waals surface area (Å²) in [6, 6.07) is 1.71. The second-order valence-corrected chi connectivity index (χ2v) is 3.67. The number of carbonyl (C=O) groups excluding carboxylic acids is 1. The fourth-order valence-electron chi connectivity index (χ4n) is 1.39. The number of aromatic amines is 1. The minimum Gasteiger partial charge on any atom is -0.340 e. The monoisotopic (exact) mass is 243 g/mol. The molecule has 0 spiro atoms. The minimum absolute atomic E-state index is 0.0274. The van der Waals surface area contributed by atoms with Crippen molar-refractivity contribution < 1.29 is 18.0 Å². The molecule has 0 aliphatic heterocycles. The second-order valence-electron chi connectivity index (χ2n) is 3.67. The Hall–Kier alpha value is -1.92. The minimum atomic E-state index is -4.83. The molecule has 0 saturated carbocycles. The van der Waals surface area contributed by atoms with Crippen LogP contribution in [0.1, 0.15) is 11.4 Å². The van der Waals surface area contributed by atoms with Gasteiger partial charge in [-0.2, -0.15) is 13.2 Å². The third kappa shape index (κ3) is 2.43. The van der Waals surface area contributed by atoms with Crippen LogP contribution in [0, 0.1) is 6.92 Å². The van der Waals surface area contributed by atoms with Gasteiger partial charge in [0.05, 0.1) is 11.9 Å². The third-order valence-corrected chi connectivity index (χ3v) is 2.17. The first-order valence-corrected chi connectivity index (χ1v) is 4.77. The number of imidazole rings is 1. The van der Waals surface area contributed by atoms with E-state index in [0.717, 1.165) is 5.56 Å². The van der Waals surface area contributed by atoms with E-state index in [1.807, 2.05) is 0 Å². The highest BCUT2D eigenvalue weighted by Gasteiger charge is 2.38. The van der Waals surface area contributed by atoms with Crippen molar-refractivity contribution in [2.24, 2.45) is 0 Å². The fraction of sp³-hybridized carbons (Fsp3) is 0.300. The summed E-state index contributed by atoms with van der Waals surface area (Å²) >= 11 is 0. The lowest BCUT2D eigenvalue weighted by molar-refractivity contribution is -0.170. The van der Waals surface area contributed by atoms with Gasteiger partial charge in [0.2, 0.25) is 5.78 Å². The maximum Gasteiger partial charge on any atom is 0.450 e. The van der Waals surface area contributed by atoms with Gasteiger partial charge >= 0.3 is 6.18 Å². The molecule has 90 valence electrons. The summed E-state index contributed by atoms with van der Waals surface area (Å²) in [6.45, 7) is 1.80. The molecule has 2 aromatic rings. The molecule has 2 rings (SSSR count). The Morgan fingerprint density at radius 3 is 2.82 bits per heavy atom. The number of pyridine rings is 1. The molecule has 1 N–H and O–H groups in total. The lowest BCUT2D eigenvalue weighted by Gasteiger charge is -2.01. The topological polar surface area (TPSA) is 58.6 Å². The van der Waals surface area contributed by atoms with Crippen LogP contribution in [0.15, 0.2) is 12.3 Å². The van der Waals surface area contributed by atoms with Crippen LogP contribution in [0.5, 0.6) is 0 Å². The number of rotatable bonds is 2. The molecule has 7 heteroatoms. The van der Waals surface area contributed by atoms with Gasteiger partial charge in [-0.15, -0.1) is 0 Å². The van der Waals surface area contributed by atoms with E-state index in [1.54, 1.807) is 19.2 Å². The lowest BCUT2D eigenvalue weighted by atomic mass is 10.3. The van der Waals surface area contributed by atoms with Gasteiger partial charge in [-0.25, -0.2) is 9.97 Å². The van der Waals surface area contributed by atoms with E-state index in [2.05, 4.69) is 15.0 Å². The highest BCUT2D eigenvalue weighted by molar-refractivity contribution is 5.86. The van der Waals surface area contributed by atoms with E-state index in [-0.39, 0.29) is 5.82 Å². The Kier molecular flexibility index (Phi) is 2.60. The maximum absolute atomic E-state index is 12.0. The molecule has 0 radical (unpaired) electrons. The first-order chi connectivity index (χ1) is 7.86. The number of ketones is 1. The van der Waals surface area contributed by atoms with Gasteiger partial charge in [0, 0.05) is 6.20 Å². The number of nitrogens with one attached hydrogen (secondary N) is 1. The van der Waals surface area contributed by atoms with Gasteiger partial charge in [-0.05, 0) is 18.6 Å².